The molecule has 0 saturated carbocycles. The molecule has 21 heavy (non-hydrogen) atoms. The molecular weight excluding hydrogens is 274 g/mol. The summed E-state index contributed by atoms with van der Waals surface area (Å²) >= 11 is 0. The van der Waals surface area contributed by atoms with Crippen LogP contribution in [-0.4, -0.2) is 36.3 Å². The molecule has 1 saturated heterocycles. The van der Waals surface area contributed by atoms with E-state index in [0.29, 0.717) is 18.6 Å². The number of carbonyl (C=O) groups is 2. The molecule has 2 rings (SSSR count). The number of ether oxygens (including phenoxy) is 2. The molecule has 1 aromatic rings. The van der Waals surface area contributed by atoms with Gasteiger partial charge < -0.3 is 19.9 Å². The molecule has 114 valence electrons. The Bertz CT molecular complexity index is 531. The van der Waals surface area contributed by atoms with Gasteiger partial charge in [-0.2, -0.15) is 0 Å². The highest BCUT2D eigenvalue weighted by molar-refractivity contribution is 5.83. The Labute approximate surface area is 123 Å². The van der Waals surface area contributed by atoms with E-state index < -0.39 is 18.2 Å². The highest BCUT2D eigenvalue weighted by Crippen LogP contribution is 2.25. The molecule has 1 aliphatic heterocycles. The van der Waals surface area contributed by atoms with Gasteiger partial charge in [-0.15, -0.1) is 0 Å². The summed E-state index contributed by atoms with van der Waals surface area (Å²) in [7, 11) is 1.57. The molecule has 0 aliphatic carbocycles. The van der Waals surface area contributed by atoms with Crippen molar-refractivity contribution in [2.45, 2.75) is 38.0 Å². The van der Waals surface area contributed by atoms with Crippen LogP contribution in [-0.2, 0) is 14.3 Å². The number of carbonyl (C=O) groups excluding carboxylic acids is 1. The van der Waals surface area contributed by atoms with Crippen LogP contribution in [0.4, 0.5) is 0 Å². The average molecular weight is 293 g/mol. The Morgan fingerprint density at radius 2 is 2.00 bits per heavy atom. The van der Waals surface area contributed by atoms with Gasteiger partial charge in [-0.05, 0) is 25.8 Å². The highest BCUT2D eigenvalue weighted by atomic mass is 16.5. The van der Waals surface area contributed by atoms with Crippen molar-refractivity contribution in [1.82, 2.24) is 5.32 Å². The second kappa shape index (κ2) is 6.58. The Morgan fingerprint density at radius 3 is 2.62 bits per heavy atom. The smallest absolute Gasteiger partial charge is 0.332 e. The quantitative estimate of drug-likeness (QED) is 0.859. The van der Waals surface area contributed by atoms with E-state index in [1.54, 1.807) is 7.11 Å². The van der Waals surface area contributed by atoms with Crippen molar-refractivity contribution in [2.75, 3.05) is 7.11 Å². The van der Waals surface area contributed by atoms with E-state index in [9.17, 15) is 9.59 Å². The van der Waals surface area contributed by atoms with Gasteiger partial charge in [0.1, 0.15) is 11.9 Å². The lowest BCUT2D eigenvalue weighted by Crippen LogP contribution is -2.37. The molecule has 1 heterocycles. The third kappa shape index (κ3) is 3.52. The molecule has 6 nitrogen and oxygen atoms in total. The fraction of sp³-hybridized carbons (Fsp3) is 0.467. The number of hydrogen-bond donors (Lipinski definition) is 2. The van der Waals surface area contributed by atoms with Crippen LogP contribution in [0.1, 0.15) is 31.4 Å². The van der Waals surface area contributed by atoms with E-state index in [-0.39, 0.29) is 11.9 Å². The van der Waals surface area contributed by atoms with Crippen LogP contribution in [0.25, 0.3) is 0 Å². The van der Waals surface area contributed by atoms with Crippen molar-refractivity contribution in [1.29, 1.82) is 0 Å². The first-order chi connectivity index (χ1) is 10.0. The number of methoxy groups -OCH3 is 1. The van der Waals surface area contributed by atoms with Gasteiger partial charge in [-0.25, -0.2) is 4.79 Å². The molecule has 6 heteroatoms. The Morgan fingerprint density at radius 1 is 1.33 bits per heavy atom. The summed E-state index contributed by atoms with van der Waals surface area (Å²) in [6, 6.07) is 7.17. The normalized spacial score (nSPS) is 22.6. The van der Waals surface area contributed by atoms with Crippen LogP contribution in [0.15, 0.2) is 24.3 Å². The number of para-hydroxylation sites is 1. The Kier molecular flexibility index (Phi) is 4.80. The van der Waals surface area contributed by atoms with Gasteiger partial charge in [0.15, 0.2) is 6.10 Å². The van der Waals surface area contributed by atoms with Crippen molar-refractivity contribution in [3.05, 3.63) is 29.8 Å². The minimum Gasteiger partial charge on any atom is -0.496 e. The number of carboxylic acid groups (broad SMARTS) is 1. The predicted octanol–water partition coefficient (Wildman–Crippen LogP) is 1.50. The van der Waals surface area contributed by atoms with Crippen molar-refractivity contribution in [3.63, 3.8) is 0 Å². The molecule has 0 radical (unpaired) electrons. The van der Waals surface area contributed by atoms with E-state index in [1.807, 2.05) is 31.2 Å². The van der Waals surface area contributed by atoms with Gasteiger partial charge >= 0.3 is 5.97 Å². The SMILES string of the molecule is COc1ccccc1C(C)NC(=O)[C@@H]1CC[C@H](C(=O)O)O1. The van der Waals surface area contributed by atoms with E-state index >= 15 is 0 Å². The van der Waals surface area contributed by atoms with E-state index in [0.717, 1.165) is 5.56 Å². The minimum atomic E-state index is -1.02. The van der Waals surface area contributed by atoms with Gasteiger partial charge in [0, 0.05) is 5.56 Å². The largest absolute Gasteiger partial charge is 0.496 e. The zero-order chi connectivity index (χ0) is 15.4. The third-order valence-electron chi connectivity index (χ3n) is 3.55. The first kappa shape index (κ1) is 15.3. The van der Waals surface area contributed by atoms with Gasteiger partial charge in [0.2, 0.25) is 5.91 Å². The fourth-order valence-corrected chi connectivity index (χ4v) is 2.42. The number of hydrogen-bond acceptors (Lipinski definition) is 4. The number of nitrogens with one attached hydrogen (secondary N) is 1. The number of aliphatic carboxylic acids is 1. The van der Waals surface area contributed by atoms with Gasteiger partial charge in [0.05, 0.1) is 13.2 Å². The lowest BCUT2D eigenvalue weighted by atomic mass is 10.1. The molecule has 1 aromatic carbocycles. The lowest BCUT2D eigenvalue weighted by Gasteiger charge is -2.19. The molecule has 2 N–H and O–H groups in total. The summed E-state index contributed by atoms with van der Waals surface area (Å²) < 4.78 is 10.5. The Hall–Kier alpha value is -2.08. The molecule has 0 aromatic heterocycles. The minimum absolute atomic E-state index is 0.249. The Balaban J connectivity index is 1.98. The van der Waals surface area contributed by atoms with E-state index in [2.05, 4.69) is 5.32 Å². The summed E-state index contributed by atoms with van der Waals surface area (Å²) in [5, 5.41) is 11.7. The molecule has 1 fully saturated rings. The van der Waals surface area contributed by atoms with Crippen molar-refractivity contribution >= 4 is 11.9 Å². The van der Waals surface area contributed by atoms with Gasteiger partial charge in [-0.1, -0.05) is 18.2 Å². The van der Waals surface area contributed by atoms with Gasteiger partial charge in [0.25, 0.3) is 0 Å². The first-order valence-electron chi connectivity index (χ1n) is 6.84. The molecular formula is C15H19NO5. The summed E-state index contributed by atoms with van der Waals surface area (Å²) in [6.45, 7) is 1.85. The molecule has 0 spiro atoms. The van der Waals surface area contributed by atoms with Crippen LogP contribution in [0.5, 0.6) is 5.75 Å². The lowest BCUT2D eigenvalue weighted by molar-refractivity contribution is -0.151. The summed E-state index contributed by atoms with van der Waals surface area (Å²) in [5.41, 5.74) is 0.862. The third-order valence-corrected chi connectivity index (χ3v) is 3.55. The van der Waals surface area contributed by atoms with Crippen molar-refractivity contribution < 1.29 is 24.2 Å². The summed E-state index contributed by atoms with van der Waals surface area (Å²) in [5.74, 6) is -0.624. The standard InChI is InChI=1S/C15H19NO5/c1-9(10-5-3-4-6-11(10)20-2)16-14(17)12-7-8-13(21-12)15(18)19/h3-6,9,12-13H,7-8H2,1-2H3,(H,16,17)(H,18,19)/t9?,12-,13+/m0/s1. The van der Waals surface area contributed by atoms with E-state index in [4.69, 9.17) is 14.6 Å². The van der Waals surface area contributed by atoms with Crippen LogP contribution in [0.2, 0.25) is 0 Å². The highest BCUT2D eigenvalue weighted by Gasteiger charge is 2.35. The zero-order valence-corrected chi connectivity index (χ0v) is 12.0. The molecule has 1 unspecified atom stereocenters. The van der Waals surface area contributed by atoms with Crippen molar-refractivity contribution in [3.8, 4) is 5.75 Å². The van der Waals surface area contributed by atoms with Crippen molar-refractivity contribution in [2.24, 2.45) is 0 Å². The molecule has 3 atom stereocenters. The molecule has 0 bridgehead atoms. The second-order valence-electron chi connectivity index (χ2n) is 5.00. The van der Waals surface area contributed by atoms with Gasteiger partial charge in [-0.3, -0.25) is 4.79 Å². The van der Waals surface area contributed by atoms with Crippen LogP contribution >= 0.6 is 0 Å². The zero-order valence-electron chi connectivity index (χ0n) is 12.0. The maximum atomic E-state index is 12.1. The first-order valence-corrected chi connectivity index (χ1v) is 6.84. The van der Waals surface area contributed by atoms with Crippen LogP contribution in [0, 0.1) is 0 Å². The summed E-state index contributed by atoms with van der Waals surface area (Å²) in [4.78, 5) is 23.0. The average Bonchev–Trinajstić information content (AvgIpc) is 2.97. The number of carboxylic acids is 1. The number of rotatable bonds is 5. The molecule has 1 aliphatic rings. The number of benzene rings is 1. The monoisotopic (exact) mass is 293 g/mol. The van der Waals surface area contributed by atoms with Crippen LogP contribution < -0.4 is 10.1 Å². The van der Waals surface area contributed by atoms with Crippen LogP contribution in [0.3, 0.4) is 0 Å². The summed E-state index contributed by atoms with van der Waals surface area (Å²) in [6.07, 6.45) is -0.816. The maximum Gasteiger partial charge on any atom is 0.332 e. The number of amides is 1. The molecule has 1 amide bonds. The predicted molar refractivity (Wildman–Crippen MR) is 75.1 cm³/mol. The topological polar surface area (TPSA) is 84.9 Å². The maximum absolute atomic E-state index is 12.1. The van der Waals surface area contributed by atoms with E-state index in [1.165, 1.54) is 0 Å². The second-order valence-corrected chi connectivity index (χ2v) is 5.00. The fourth-order valence-electron chi connectivity index (χ4n) is 2.42.